The molecule has 1 aromatic rings. The van der Waals surface area contributed by atoms with E-state index in [2.05, 4.69) is 6.92 Å². The molecule has 0 radical (unpaired) electrons. The second-order valence-electron chi connectivity index (χ2n) is 5.57. The first-order chi connectivity index (χ1) is 10.1. The molecule has 6 heteroatoms. The molecule has 2 atom stereocenters. The third-order valence-corrected chi connectivity index (χ3v) is 3.97. The van der Waals surface area contributed by atoms with E-state index >= 15 is 0 Å². The Labute approximate surface area is 138 Å². The van der Waals surface area contributed by atoms with Crippen molar-refractivity contribution in [3.63, 3.8) is 0 Å². The number of hydrogen-bond donors (Lipinski definition) is 1. The Balaban J connectivity index is 0.00000242. The SMILES string of the molecule is COc1cccc(OCC(=O)N2CCC(C)CC2CN)c1.Cl. The maximum absolute atomic E-state index is 12.3. The topological polar surface area (TPSA) is 64.8 Å². The van der Waals surface area contributed by atoms with E-state index in [-0.39, 0.29) is 31.0 Å². The number of amides is 1. The number of piperidine rings is 1. The number of ether oxygens (including phenoxy) is 2. The van der Waals surface area contributed by atoms with Gasteiger partial charge in [-0.1, -0.05) is 13.0 Å². The number of methoxy groups -OCH3 is 1. The largest absolute Gasteiger partial charge is 0.497 e. The van der Waals surface area contributed by atoms with E-state index in [0.717, 1.165) is 19.4 Å². The van der Waals surface area contributed by atoms with E-state index in [0.29, 0.717) is 24.0 Å². The fraction of sp³-hybridized carbons (Fsp3) is 0.562. The van der Waals surface area contributed by atoms with Gasteiger partial charge in [-0.3, -0.25) is 4.79 Å². The summed E-state index contributed by atoms with van der Waals surface area (Å²) in [5, 5.41) is 0. The van der Waals surface area contributed by atoms with Gasteiger partial charge in [0.2, 0.25) is 0 Å². The van der Waals surface area contributed by atoms with Gasteiger partial charge in [0, 0.05) is 25.2 Å². The molecule has 1 fully saturated rings. The fourth-order valence-electron chi connectivity index (χ4n) is 2.72. The highest BCUT2D eigenvalue weighted by molar-refractivity contribution is 5.85. The molecule has 5 nitrogen and oxygen atoms in total. The molecule has 2 unspecified atom stereocenters. The lowest BCUT2D eigenvalue weighted by Crippen LogP contribution is -2.50. The molecule has 22 heavy (non-hydrogen) atoms. The van der Waals surface area contributed by atoms with Crippen LogP contribution in [0.5, 0.6) is 11.5 Å². The second kappa shape index (κ2) is 8.86. The van der Waals surface area contributed by atoms with Gasteiger partial charge in [-0.15, -0.1) is 12.4 Å². The summed E-state index contributed by atoms with van der Waals surface area (Å²) in [4.78, 5) is 14.2. The van der Waals surface area contributed by atoms with E-state index in [1.54, 1.807) is 13.2 Å². The number of likely N-dealkylation sites (tertiary alicyclic amines) is 1. The van der Waals surface area contributed by atoms with Crippen LogP contribution < -0.4 is 15.2 Å². The van der Waals surface area contributed by atoms with Gasteiger partial charge in [-0.2, -0.15) is 0 Å². The van der Waals surface area contributed by atoms with Gasteiger partial charge in [-0.05, 0) is 30.9 Å². The van der Waals surface area contributed by atoms with Crippen LogP contribution in [0.3, 0.4) is 0 Å². The van der Waals surface area contributed by atoms with Crippen molar-refractivity contribution in [3.8, 4) is 11.5 Å². The normalized spacial score (nSPS) is 21.0. The van der Waals surface area contributed by atoms with Crippen LogP contribution >= 0.6 is 12.4 Å². The molecule has 1 aliphatic rings. The van der Waals surface area contributed by atoms with Crippen molar-refractivity contribution in [2.24, 2.45) is 11.7 Å². The summed E-state index contributed by atoms with van der Waals surface area (Å²) in [5.74, 6) is 1.98. The highest BCUT2D eigenvalue weighted by Crippen LogP contribution is 2.23. The molecule has 1 aliphatic heterocycles. The van der Waals surface area contributed by atoms with Gasteiger partial charge >= 0.3 is 0 Å². The van der Waals surface area contributed by atoms with Crippen LogP contribution in [0.4, 0.5) is 0 Å². The lowest BCUT2D eigenvalue weighted by molar-refractivity contribution is -0.137. The van der Waals surface area contributed by atoms with E-state index in [9.17, 15) is 4.79 Å². The van der Waals surface area contributed by atoms with E-state index in [1.807, 2.05) is 23.1 Å². The number of halogens is 1. The van der Waals surface area contributed by atoms with Gasteiger partial charge in [-0.25, -0.2) is 0 Å². The van der Waals surface area contributed by atoms with Gasteiger partial charge in [0.05, 0.1) is 7.11 Å². The maximum atomic E-state index is 12.3. The second-order valence-corrected chi connectivity index (χ2v) is 5.57. The lowest BCUT2D eigenvalue weighted by atomic mass is 9.92. The average Bonchev–Trinajstić information content (AvgIpc) is 2.52. The number of hydrogen-bond acceptors (Lipinski definition) is 4. The quantitative estimate of drug-likeness (QED) is 0.898. The molecular weight excluding hydrogens is 304 g/mol. The zero-order valence-electron chi connectivity index (χ0n) is 13.2. The summed E-state index contributed by atoms with van der Waals surface area (Å²) in [6, 6.07) is 7.39. The minimum Gasteiger partial charge on any atom is -0.497 e. The van der Waals surface area contributed by atoms with Crippen molar-refractivity contribution in [1.82, 2.24) is 4.90 Å². The van der Waals surface area contributed by atoms with Gasteiger partial charge < -0.3 is 20.1 Å². The Morgan fingerprint density at radius 1 is 1.41 bits per heavy atom. The average molecular weight is 329 g/mol. The third kappa shape index (κ3) is 4.78. The van der Waals surface area contributed by atoms with Crippen LogP contribution in [-0.2, 0) is 4.79 Å². The highest BCUT2D eigenvalue weighted by Gasteiger charge is 2.28. The number of rotatable bonds is 5. The molecule has 1 amide bonds. The summed E-state index contributed by atoms with van der Waals surface area (Å²) >= 11 is 0. The molecular formula is C16H25ClN2O3. The predicted octanol–water partition coefficient (Wildman–Crippen LogP) is 2.08. The van der Waals surface area contributed by atoms with Crippen molar-refractivity contribution in [2.45, 2.75) is 25.8 Å². The van der Waals surface area contributed by atoms with Gasteiger partial charge in [0.15, 0.2) is 6.61 Å². The van der Waals surface area contributed by atoms with Crippen molar-refractivity contribution in [1.29, 1.82) is 0 Å². The molecule has 2 rings (SSSR count). The first-order valence-electron chi connectivity index (χ1n) is 7.40. The standard InChI is InChI=1S/C16H24N2O3.ClH/c1-12-6-7-18(13(8-12)10-17)16(19)11-21-15-5-3-4-14(9-15)20-2;/h3-5,9,12-13H,6-8,10-11,17H2,1-2H3;1H. The Morgan fingerprint density at radius 3 is 2.82 bits per heavy atom. The molecule has 1 aromatic carbocycles. The summed E-state index contributed by atoms with van der Waals surface area (Å²) < 4.78 is 10.7. The monoisotopic (exact) mass is 328 g/mol. The van der Waals surface area contributed by atoms with E-state index in [1.165, 1.54) is 0 Å². The summed E-state index contributed by atoms with van der Waals surface area (Å²) in [7, 11) is 1.60. The van der Waals surface area contributed by atoms with Crippen molar-refractivity contribution in [2.75, 3.05) is 26.8 Å². The summed E-state index contributed by atoms with van der Waals surface area (Å²) in [5.41, 5.74) is 5.79. The Hall–Kier alpha value is -1.46. The third-order valence-electron chi connectivity index (χ3n) is 3.97. The van der Waals surface area contributed by atoms with Crippen LogP contribution in [0.2, 0.25) is 0 Å². The minimum absolute atomic E-state index is 0. The zero-order chi connectivity index (χ0) is 15.2. The molecule has 0 saturated carbocycles. The Morgan fingerprint density at radius 2 is 2.14 bits per heavy atom. The molecule has 1 saturated heterocycles. The molecule has 2 N–H and O–H groups in total. The van der Waals surface area contributed by atoms with Gasteiger partial charge in [0.1, 0.15) is 11.5 Å². The summed E-state index contributed by atoms with van der Waals surface area (Å²) in [6.45, 7) is 3.52. The maximum Gasteiger partial charge on any atom is 0.260 e. The van der Waals surface area contributed by atoms with Crippen LogP contribution in [-0.4, -0.2) is 43.7 Å². The lowest BCUT2D eigenvalue weighted by Gasteiger charge is -2.37. The molecule has 0 spiro atoms. The van der Waals surface area contributed by atoms with E-state index < -0.39 is 0 Å². The van der Waals surface area contributed by atoms with Crippen LogP contribution in [0.25, 0.3) is 0 Å². The molecule has 124 valence electrons. The number of carbonyl (C=O) groups is 1. The van der Waals surface area contributed by atoms with Crippen molar-refractivity contribution < 1.29 is 14.3 Å². The predicted molar refractivity (Wildman–Crippen MR) is 88.7 cm³/mol. The Bertz CT molecular complexity index is 484. The molecule has 0 aliphatic carbocycles. The number of nitrogens with two attached hydrogens (primary N) is 1. The fourth-order valence-corrected chi connectivity index (χ4v) is 2.72. The molecule has 1 heterocycles. The smallest absolute Gasteiger partial charge is 0.260 e. The van der Waals surface area contributed by atoms with Crippen LogP contribution in [0.15, 0.2) is 24.3 Å². The molecule has 0 aromatic heterocycles. The molecule has 0 bridgehead atoms. The number of benzene rings is 1. The van der Waals surface area contributed by atoms with Crippen molar-refractivity contribution >= 4 is 18.3 Å². The first-order valence-corrected chi connectivity index (χ1v) is 7.40. The van der Waals surface area contributed by atoms with E-state index in [4.69, 9.17) is 15.2 Å². The van der Waals surface area contributed by atoms with Gasteiger partial charge in [0.25, 0.3) is 5.91 Å². The number of carbonyl (C=O) groups excluding carboxylic acids is 1. The Kier molecular flexibility index (Phi) is 7.48. The van der Waals surface area contributed by atoms with Crippen molar-refractivity contribution in [3.05, 3.63) is 24.3 Å². The minimum atomic E-state index is 0. The first kappa shape index (κ1) is 18.6. The summed E-state index contributed by atoms with van der Waals surface area (Å²) in [6.07, 6.45) is 2.00. The highest BCUT2D eigenvalue weighted by atomic mass is 35.5. The van der Waals surface area contributed by atoms with Crippen LogP contribution in [0.1, 0.15) is 19.8 Å². The zero-order valence-corrected chi connectivity index (χ0v) is 14.0. The number of nitrogens with zero attached hydrogens (tertiary/aromatic N) is 1. The van der Waals surface area contributed by atoms with Crippen LogP contribution in [0, 0.1) is 5.92 Å².